The minimum absolute atomic E-state index is 0.553. The molecule has 6 heteroatoms. The lowest BCUT2D eigenvalue weighted by atomic mass is 10.1. The van der Waals surface area contributed by atoms with Crippen LogP contribution in [0, 0.1) is 6.20 Å². The van der Waals surface area contributed by atoms with Crippen molar-refractivity contribution >= 4 is 0 Å². The zero-order valence-corrected chi connectivity index (χ0v) is 6.41. The Morgan fingerprint density at radius 2 is 1.85 bits per heavy atom. The van der Waals surface area contributed by atoms with E-state index >= 15 is 0 Å². The van der Waals surface area contributed by atoms with Gasteiger partial charge in [0.2, 0.25) is 0 Å². The number of hydrogen-bond acceptors (Lipinski definition) is 0. The molecule has 0 aromatic carbocycles. The van der Waals surface area contributed by atoms with E-state index in [4.69, 9.17) is 0 Å². The normalized spacial score (nSPS) is 17.9. The first kappa shape index (κ1) is 10.0. The third-order valence-electron chi connectivity index (χ3n) is 1.54. The summed E-state index contributed by atoms with van der Waals surface area (Å²) in [6, 6.07) is 0. The second-order valence-electron chi connectivity index (χ2n) is 2.41. The largest absolute Gasteiger partial charge is 0.418 e. The molecule has 1 aliphatic heterocycles. The summed E-state index contributed by atoms with van der Waals surface area (Å²) in [6.07, 6.45) is -6.12. The number of halogens is 5. The smallest absolute Gasteiger partial charge is 0.244 e. The minimum atomic E-state index is -4.66. The Morgan fingerprint density at radius 1 is 1.31 bits per heavy atom. The number of allylic oxidation sites excluding steroid dienone is 3. The van der Waals surface area contributed by atoms with E-state index in [1.807, 2.05) is 0 Å². The molecular weight excluding hydrogens is 193 g/mol. The van der Waals surface area contributed by atoms with Gasteiger partial charge in [0.15, 0.2) is 0 Å². The SMILES string of the molecule is CC1=C(C(F)F)[N][C]=C1C(F)(F)F. The van der Waals surface area contributed by atoms with E-state index in [2.05, 4.69) is 5.32 Å². The summed E-state index contributed by atoms with van der Waals surface area (Å²) in [5.41, 5.74) is -2.63. The molecule has 2 radical (unpaired) electrons. The van der Waals surface area contributed by atoms with Gasteiger partial charge in [0.25, 0.3) is 6.43 Å². The Bertz CT molecular complexity index is 273. The lowest BCUT2D eigenvalue weighted by Gasteiger charge is -2.07. The lowest BCUT2D eigenvalue weighted by Crippen LogP contribution is -2.12. The second kappa shape index (κ2) is 3.01. The van der Waals surface area contributed by atoms with E-state index in [0.29, 0.717) is 0 Å². The Morgan fingerprint density at radius 3 is 2.08 bits per heavy atom. The Hall–Kier alpha value is -1.07. The molecule has 13 heavy (non-hydrogen) atoms. The first-order valence-corrected chi connectivity index (χ1v) is 3.24. The number of nitrogens with zero attached hydrogens (tertiary/aromatic N) is 1. The molecule has 1 nitrogen and oxygen atoms in total. The van der Waals surface area contributed by atoms with Crippen LogP contribution in [0.15, 0.2) is 16.8 Å². The van der Waals surface area contributed by atoms with Gasteiger partial charge in [-0.2, -0.15) is 13.2 Å². The number of alkyl halides is 5. The molecule has 0 saturated heterocycles. The van der Waals surface area contributed by atoms with Gasteiger partial charge < -0.3 is 0 Å². The zero-order valence-electron chi connectivity index (χ0n) is 6.41. The molecular formula is C7H4F5N. The molecule has 1 aliphatic rings. The Balaban J connectivity index is 2.96. The molecule has 0 aromatic rings. The van der Waals surface area contributed by atoms with Crippen LogP contribution in [0.1, 0.15) is 6.92 Å². The van der Waals surface area contributed by atoms with Crippen LogP contribution < -0.4 is 5.32 Å². The minimum Gasteiger partial charge on any atom is -0.244 e. The zero-order chi connectivity index (χ0) is 10.2. The van der Waals surface area contributed by atoms with Gasteiger partial charge in [0.05, 0.1) is 5.57 Å². The maximum atomic E-state index is 12.0. The van der Waals surface area contributed by atoms with Crippen molar-refractivity contribution in [3.8, 4) is 0 Å². The summed E-state index contributed by atoms with van der Waals surface area (Å²) in [4.78, 5) is 0. The summed E-state index contributed by atoms with van der Waals surface area (Å²) in [6.45, 7) is 0.952. The molecule has 0 fully saturated rings. The van der Waals surface area contributed by atoms with Crippen LogP contribution in [-0.4, -0.2) is 12.6 Å². The van der Waals surface area contributed by atoms with E-state index < -0.39 is 29.4 Å². The van der Waals surface area contributed by atoms with E-state index in [0.717, 1.165) is 6.92 Å². The van der Waals surface area contributed by atoms with Gasteiger partial charge in [-0.25, -0.2) is 14.1 Å². The number of hydrogen-bond donors (Lipinski definition) is 0. The highest BCUT2D eigenvalue weighted by atomic mass is 19.4. The monoisotopic (exact) mass is 197 g/mol. The van der Waals surface area contributed by atoms with Gasteiger partial charge in [-0.3, -0.25) is 0 Å². The molecule has 0 aliphatic carbocycles. The van der Waals surface area contributed by atoms with Crippen molar-refractivity contribution < 1.29 is 22.0 Å². The van der Waals surface area contributed by atoms with Gasteiger partial charge in [0, 0.05) is 0 Å². The highest BCUT2D eigenvalue weighted by molar-refractivity contribution is 5.40. The summed E-state index contributed by atoms with van der Waals surface area (Å²) >= 11 is 0. The van der Waals surface area contributed by atoms with Gasteiger partial charge >= 0.3 is 6.18 Å². The highest BCUT2D eigenvalue weighted by Crippen LogP contribution is 2.35. The van der Waals surface area contributed by atoms with Gasteiger partial charge in [-0.05, 0) is 12.5 Å². The van der Waals surface area contributed by atoms with Crippen molar-refractivity contribution in [3.05, 3.63) is 23.0 Å². The van der Waals surface area contributed by atoms with E-state index in [1.54, 1.807) is 6.20 Å². The van der Waals surface area contributed by atoms with Gasteiger partial charge in [-0.15, -0.1) is 0 Å². The highest BCUT2D eigenvalue weighted by Gasteiger charge is 2.40. The topological polar surface area (TPSA) is 14.1 Å². The molecule has 0 atom stereocenters. The quantitative estimate of drug-likeness (QED) is 0.573. The van der Waals surface area contributed by atoms with Crippen molar-refractivity contribution in [1.29, 1.82) is 0 Å². The van der Waals surface area contributed by atoms with Crippen LogP contribution in [0.5, 0.6) is 0 Å². The molecule has 0 aromatic heterocycles. The molecule has 1 rings (SSSR count). The predicted molar refractivity (Wildman–Crippen MR) is 33.6 cm³/mol. The van der Waals surface area contributed by atoms with Crippen molar-refractivity contribution in [1.82, 2.24) is 5.32 Å². The average molecular weight is 197 g/mol. The van der Waals surface area contributed by atoms with Crippen molar-refractivity contribution in [2.45, 2.75) is 19.5 Å². The molecule has 0 bridgehead atoms. The number of rotatable bonds is 1. The Kier molecular flexibility index (Phi) is 2.32. The fourth-order valence-electron chi connectivity index (χ4n) is 0.900. The summed E-state index contributed by atoms with van der Waals surface area (Å²) in [5.74, 6) is 0. The van der Waals surface area contributed by atoms with E-state index in [1.165, 1.54) is 0 Å². The average Bonchev–Trinajstić information content (AvgIpc) is 2.28. The van der Waals surface area contributed by atoms with Crippen molar-refractivity contribution in [2.24, 2.45) is 0 Å². The third-order valence-corrected chi connectivity index (χ3v) is 1.54. The van der Waals surface area contributed by atoms with E-state index in [9.17, 15) is 22.0 Å². The molecule has 0 spiro atoms. The standard InChI is InChI=1S/C7H4F5N/c1-3-4(7(10,11)12)2-13-5(3)6(8)9/h6H,1H3. The van der Waals surface area contributed by atoms with Crippen LogP contribution in [0.3, 0.4) is 0 Å². The predicted octanol–water partition coefficient (Wildman–Crippen LogP) is 2.39. The van der Waals surface area contributed by atoms with Crippen LogP contribution >= 0.6 is 0 Å². The maximum absolute atomic E-state index is 12.0. The van der Waals surface area contributed by atoms with E-state index in [-0.39, 0.29) is 0 Å². The van der Waals surface area contributed by atoms with Crippen molar-refractivity contribution in [2.75, 3.05) is 0 Å². The van der Waals surface area contributed by atoms with Crippen LogP contribution in [0.2, 0.25) is 0 Å². The van der Waals surface area contributed by atoms with Crippen LogP contribution in [-0.2, 0) is 0 Å². The molecule has 0 saturated carbocycles. The molecule has 1 heterocycles. The third kappa shape index (κ3) is 1.81. The summed E-state index contributed by atoms with van der Waals surface area (Å²) < 4.78 is 60.0. The maximum Gasteiger partial charge on any atom is 0.418 e. The summed E-state index contributed by atoms with van der Waals surface area (Å²) in [7, 11) is 0. The molecule has 0 amide bonds. The fourth-order valence-corrected chi connectivity index (χ4v) is 0.900. The summed E-state index contributed by atoms with van der Waals surface area (Å²) in [5, 5.41) is 2.89. The molecule has 0 unspecified atom stereocenters. The second-order valence-corrected chi connectivity index (χ2v) is 2.41. The van der Waals surface area contributed by atoms with Crippen molar-refractivity contribution in [3.63, 3.8) is 0 Å². The van der Waals surface area contributed by atoms with Gasteiger partial charge in [-0.1, -0.05) is 0 Å². The van der Waals surface area contributed by atoms with Crippen LogP contribution in [0.4, 0.5) is 22.0 Å². The van der Waals surface area contributed by atoms with Crippen LogP contribution in [0.25, 0.3) is 0 Å². The fraction of sp³-hybridized carbons (Fsp3) is 0.429. The first-order valence-electron chi connectivity index (χ1n) is 3.24. The molecule has 72 valence electrons. The van der Waals surface area contributed by atoms with Gasteiger partial charge in [0.1, 0.15) is 11.9 Å². The molecule has 0 N–H and O–H groups in total. The lowest BCUT2D eigenvalue weighted by molar-refractivity contribution is -0.0896. The Labute approximate surface area is 70.9 Å². The first-order chi connectivity index (χ1) is 5.84.